The van der Waals surface area contributed by atoms with Crippen LogP contribution in [-0.4, -0.2) is 6.72 Å². The van der Waals surface area contributed by atoms with Gasteiger partial charge in [-0.1, -0.05) is 36.4 Å². The summed E-state index contributed by atoms with van der Waals surface area (Å²) in [6.45, 7) is 4.01. The molecule has 0 unspecified atom stereocenters. The van der Waals surface area contributed by atoms with E-state index in [1.54, 1.807) is 0 Å². The first-order chi connectivity index (χ1) is 6.88. The first-order valence-electron chi connectivity index (χ1n) is 4.58. The average Bonchev–Trinajstić information content (AvgIpc) is 2.30. The van der Waals surface area contributed by atoms with E-state index in [4.69, 9.17) is 0 Å². The van der Waals surface area contributed by atoms with Gasteiger partial charge in [0, 0.05) is 24.3 Å². The highest BCUT2D eigenvalue weighted by atomic mass is 15.0. The predicted molar refractivity (Wildman–Crippen MR) is 61.5 cm³/mol. The number of nitrogens with zero attached hydrogens (tertiary/aromatic N) is 1. The molecule has 0 spiro atoms. The minimum Gasteiger partial charge on any atom is -0.168 e. The highest BCUT2D eigenvalue weighted by Gasteiger charge is 2.07. The molecule has 0 aliphatic heterocycles. The van der Waals surface area contributed by atoms with Crippen molar-refractivity contribution in [3.05, 3.63) is 60.7 Å². The molecule has 0 aliphatic rings. The van der Waals surface area contributed by atoms with Gasteiger partial charge in [-0.05, 0) is 0 Å². The van der Waals surface area contributed by atoms with E-state index in [0.29, 0.717) is 0 Å². The van der Waals surface area contributed by atoms with Crippen LogP contribution in [0.2, 0.25) is 0 Å². The summed E-state index contributed by atoms with van der Waals surface area (Å²) in [5.41, 5.74) is 2.19. The maximum Gasteiger partial charge on any atom is 0.210 e. The van der Waals surface area contributed by atoms with Crippen molar-refractivity contribution in [2.45, 2.75) is 0 Å². The summed E-state index contributed by atoms with van der Waals surface area (Å²) in [5, 5.41) is 0. The first kappa shape index (κ1) is 8.70. The Morgan fingerprint density at radius 1 is 0.643 bits per heavy atom. The molecule has 0 radical (unpaired) electrons. The third kappa shape index (κ3) is 1.72. The SMILES string of the molecule is C=[N+](c1ccccc1)c1ccccc1. The van der Waals surface area contributed by atoms with Crippen molar-refractivity contribution in [1.82, 2.24) is 4.58 Å². The van der Waals surface area contributed by atoms with Gasteiger partial charge in [0.1, 0.15) is 6.72 Å². The minimum atomic E-state index is 1.10. The number of hydrogen-bond acceptors (Lipinski definition) is 0. The Hall–Kier alpha value is -1.89. The van der Waals surface area contributed by atoms with Crippen LogP contribution in [0.1, 0.15) is 0 Å². The quantitative estimate of drug-likeness (QED) is 0.495. The van der Waals surface area contributed by atoms with Crippen molar-refractivity contribution in [3.8, 4) is 0 Å². The molecular weight excluding hydrogens is 170 g/mol. The van der Waals surface area contributed by atoms with Gasteiger partial charge >= 0.3 is 0 Å². The van der Waals surface area contributed by atoms with Crippen molar-refractivity contribution in [2.75, 3.05) is 0 Å². The van der Waals surface area contributed by atoms with Crippen molar-refractivity contribution in [3.63, 3.8) is 0 Å². The molecular formula is C13H12N+. The van der Waals surface area contributed by atoms with Crippen LogP contribution in [0.5, 0.6) is 0 Å². The van der Waals surface area contributed by atoms with E-state index in [2.05, 4.69) is 6.72 Å². The van der Waals surface area contributed by atoms with Gasteiger partial charge in [-0.15, -0.1) is 0 Å². The number of para-hydroxylation sites is 2. The van der Waals surface area contributed by atoms with E-state index >= 15 is 0 Å². The highest BCUT2D eigenvalue weighted by Crippen LogP contribution is 2.17. The van der Waals surface area contributed by atoms with Crippen LogP contribution in [0.4, 0.5) is 11.4 Å². The van der Waals surface area contributed by atoms with E-state index < -0.39 is 0 Å². The Morgan fingerprint density at radius 3 is 1.36 bits per heavy atom. The lowest BCUT2D eigenvalue weighted by molar-refractivity contribution is 1.11. The van der Waals surface area contributed by atoms with Crippen LogP contribution in [0, 0.1) is 0 Å². The maximum atomic E-state index is 4.01. The molecule has 0 N–H and O–H groups in total. The van der Waals surface area contributed by atoms with E-state index in [0.717, 1.165) is 11.4 Å². The second kappa shape index (κ2) is 3.88. The second-order valence-corrected chi connectivity index (χ2v) is 3.10. The van der Waals surface area contributed by atoms with Crippen LogP contribution >= 0.6 is 0 Å². The van der Waals surface area contributed by atoms with E-state index in [9.17, 15) is 0 Å². The standard InChI is InChI=1S/C13H12N/c1-14(12-8-4-2-5-9-12)13-10-6-3-7-11-13/h2-11H,1H2/q+1. The predicted octanol–water partition coefficient (Wildman–Crippen LogP) is 3.22. The van der Waals surface area contributed by atoms with E-state index in [1.807, 2.05) is 65.2 Å². The lowest BCUT2D eigenvalue weighted by atomic mass is 10.2. The fraction of sp³-hybridized carbons (Fsp3) is 0. The van der Waals surface area contributed by atoms with E-state index in [1.165, 1.54) is 0 Å². The molecule has 0 saturated carbocycles. The number of benzene rings is 2. The summed E-state index contributed by atoms with van der Waals surface area (Å²) in [6.07, 6.45) is 0. The van der Waals surface area contributed by atoms with Gasteiger partial charge in [0.2, 0.25) is 11.4 Å². The fourth-order valence-corrected chi connectivity index (χ4v) is 1.36. The monoisotopic (exact) mass is 182 g/mol. The molecule has 14 heavy (non-hydrogen) atoms. The van der Waals surface area contributed by atoms with Gasteiger partial charge in [0.05, 0.1) is 0 Å². The summed E-state index contributed by atoms with van der Waals surface area (Å²) in [7, 11) is 0. The molecule has 2 aromatic rings. The van der Waals surface area contributed by atoms with Crippen LogP contribution in [0.25, 0.3) is 0 Å². The molecule has 2 aromatic carbocycles. The number of hydrogen-bond donors (Lipinski definition) is 0. The molecule has 0 fully saturated rings. The van der Waals surface area contributed by atoms with Gasteiger partial charge in [-0.25, -0.2) is 0 Å². The minimum absolute atomic E-state index is 1.10. The molecule has 0 aliphatic carbocycles. The Labute approximate surface area is 84.0 Å². The zero-order valence-electron chi connectivity index (χ0n) is 7.93. The topological polar surface area (TPSA) is 3.01 Å². The Bertz CT molecular complexity index is 376. The zero-order chi connectivity index (χ0) is 9.80. The lowest BCUT2D eigenvalue weighted by Gasteiger charge is -1.98. The van der Waals surface area contributed by atoms with Gasteiger partial charge in [-0.3, -0.25) is 0 Å². The normalized spacial score (nSPS) is 9.71. The maximum absolute atomic E-state index is 4.01. The van der Waals surface area contributed by atoms with Gasteiger partial charge in [0.25, 0.3) is 0 Å². The van der Waals surface area contributed by atoms with Crippen LogP contribution in [0.3, 0.4) is 0 Å². The van der Waals surface area contributed by atoms with Gasteiger partial charge < -0.3 is 0 Å². The Balaban J connectivity index is 2.35. The Kier molecular flexibility index (Phi) is 2.41. The summed E-state index contributed by atoms with van der Waals surface area (Å²) in [4.78, 5) is 0. The van der Waals surface area contributed by atoms with Crippen molar-refractivity contribution in [1.29, 1.82) is 0 Å². The molecule has 0 saturated heterocycles. The van der Waals surface area contributed by atoms with Crippen molar-refractivity contribution >= 4 is 18.1 Å². The molecule has 1 nitrogen and oxygen atoms in total. The van der Waals surface area contributed by atoms with E-state index in [-0.39, 0.29) is 0 Å². The molecule has 0 atom stereocenters. The first-order valence-corrected chi connectivity index (χ1v) is 4.58. The summed E-state index contributed by atoms with van der Waals surface area (Å²) in [6, 6.07) is 20.2. The lowest BCUT2D eigenvalue weighted by Crippen LogP contribution is -1.98. The second-order valence-electron chi connectivity index (χ2n) is 3.10. The molecule has 1 heteroatoms. The van der Waals surface area contributed by atoms with Gasteiger partial charge in [-0.2, -0.15) is 4.58 Å². The molecule has 0 heterocycles. The molecule has 0 aromatic heterocycles. The fourth-order valence-electron chi connectivity index (χ4n) is 1.36. The zero-order valence-corrected chi connectivity index (χ0v) is 7.93. The van der Waals surface area contributed by atoms with Crippen LogP contribution in [-0.2, 0) is 0 Å². The molecule has 68 valence electrons. The van der Waals surface area contributed by atoms with Gasteiger partial charge in [0.15, 0.2) is 0 Å². The van der Waals surface area contributed by atoms with Crippen LogP contribution in [0.15, 0.2) is 60.7 Å². The third-order valence-electron chi connectivity index (χ3n) is 2.14. The molecule has 0 bridgehead atoms. The smallest absolute Gasteiger partial charge is 0.168 e. The molecule has 0 amide bonds. The van der Waals surface area contributed by atoms with Crippen molar-refractivity contribution < 1.29 is 0 Å². The van der Waals surface area contributed by atoms with Crippen LogP contribution < -0.4 is 4.58 Å². The largest absolute Gasteiger partial charge is 0.210 e. The van der Waals surface area contributed by atoms with Crippen molar-refractivity contribution in [2.24, 2.45) is 0 Å². The highest BCUT2D eigenvalue weighted by molar-refractivity contribution is 5.59. The summed E-state index contributed by atoms with van der Waals surface area (Å²) < 4.78 is 1.92. The molecule has 2 rings (SSSR count). The summed E-state index contributed by atoms with van der Waals surface area (Å²) in [5.74, 6) is 0. The summed E-state index contributed by atoms with van der Waals surface area (Å²) >= 11 is 0. The Morgan fingerprint density at radius 2 is 1.00 bits per heavy atom. The average molecular weight is 182 g/mol. The number of rotatable bonds is 2. The third-order valence-corrected chi connectivity index (χ3v) is 2.14.